The van der Waals surface area contributed by atoms with Crippen LogP contribution < -0.4 is 4.74 Å². The molecule has 0 aliphatic carbocycles. The molecule has 1 aromatic carbocycles. The van der Waals surface area contributed by atoms with Crippen molar-refractivity contribution >= 4 is 5.69 Å². The highest BCUT2D eigenvalue weighted by Gasteiger charge is 2.15. The smallest absolute Gasteiger partial charge is 0.270 e. The van der Waals surface area contributed by atoms with Crippen LogP contribution in [0, 0.1) is 10.1 Å². The summed E-state index contributed by atoms with van der Waals surface area (Å²) in [6.45, 7) is 3.12. The van der Waals surface area contributed by atoms with Crippen LogP contribution in [-0.2, 0) is 0 Å². The average Bonchev–Trinajstić information content (AvgIpc) is 2.25. The second kappa shape index (κ2) is 5.60. The highest BCUT2D eigenvalue weighted by molar-refractivity contribution is 5.44. The highest BCUT2D eigenvalue weighted by Crippen LogP contribution is 2.29. The number of aliphatic hydroxyl groups excluding tert-OH is 2. The summed E-state index contributed by atoms with van der Waals surface area (Å²) in [5.41, 5.74) is 0.227. The van der Waals surface area contributed by atoms with Crippen LogP contribution in [0.3, 0.4) is 0 Å². The van der Waals surface area contributed by atoms with E-state index in [4.69, 9.17) is 9.84 Å². The maximum Gasteiger partial charge on any atom is 0.270 e. The lowest BCUT2D eigenvalue weighted by Crippen LogP contribution is -2.14. The van der Waals surface area contributed by atoms with Crippen LogP contribution in [0.5, 0.6) is 5.75 Å². The zero-order chi connectivity index (χ0) is 13.0. The molecule has 0 bridgehead atoms. The summed E-state index contributed by atoms with van der Waals surface area (Å²) < 4.78 is 5.26. The summed E-state index contributed by atoms with van der Waals surface area (Å²) in [6.07, 6.45) is -1.52. The Kier molecular flexibility index (Phi) is 4.42. The maximum absolute atomic E-state index is 10.6. The number of nitro groups is 1. The van der Waals surface area contributed by atoms with Crippen molar-refractivity contribution in [3.63, 3.8) is 0 Å². The molecule has 0 heterocycles. The van der Waals surface area contributed by atoms with Crippen molar-refractivity contribution in [1.29, 1.82) is 0 Å². The Balaban J connectivity index is 3.00. The summed E-state index contributed by atoms with van der Waals surface area (Å²) in [4.78, 5) is 10.1. The van der Waals surface area contributed by atoms with E-state index in [9.17, 15) is 15.2 Å². The molecule has 0 saturated carbocycles. The van der Waals surface area contributed by atoms with Gasteiger partial charge >= 0.3 is 0 Å². The minimum absolute atomic E-state index is 0.0670. The predicted molar refractivity (Wildman–Crippen MR) is 60.9 cm³/mol. The lowest BCUT2D eigenvalue weighted by molar-refractivity contribution is -0.385. The zero-order valence-electron chi connectivity index (χ0n) is 9.66. The Bertz CT molecular complexity index is 403. The van der Waals surface area contributed by atoms with E-state index >= 15 is 0 Å². The van der Waals surface area contributed by atoms with E-state index in [1.807, 2.05) is 0 Å². The second-order valence-electron chi connectivity index (χ2n) is 3.82. The quantitative estimate of drug-likeness (QED) is 0.600. The van der Waals surface area contributed by atoms with Gasteiger partial charge in [-0.05, 0) is 19.9 Å². The summed E-state index contributed by atoms with van der Waals surface area (Å²) >= 11 is 0. The van der Waals surface area contributed by atoms with Gasteiger partial charge in [-0.15, -0.1) is 0 Å². The minimum atomic E-state index is -0.876. The molecule has 0 aliphatic heterocycles. The van der Waals surface area contributed by atoms with Gasteiger partial charge in [0, 0.05) is 17.7 Å². The van der Waals surface area contributed by atoms with E-state index in [2.05, 4.69) is 0 Å². The Hall–Kier alpha value is -1.66. The van der Waals surface area contributed by atoms with E-state index in [-0.39, 0.29) is 12.3 Å². The van der Waals surface area contributed by atoms with Crippen LogP contribution in [0.4, 0.5) is 5.69 Å². The first-order valence-electron chi connectivity index (χ1n) is 5.19. The summed E-state index contributed by atoms with van der Waals surface area (Å²) in [5.74, 6) is 0.339. The van der Waals surface area contributed by atoms with Gasteiger partial charge in [-0.1, -0.05) is 0 Å². The normalized spacial score (nSPS) is 14.1. The molecule has 6 heteroatoms. The van der Waals surface area contributed by atoms with Gasteiger partial charge in [-0.25, -0.2) is 0 Å². The Morgan fingerprint density at radius 2 is 2.06 bits per heavy atom. The van der Waals surface area contributed by atoms with Crippen LogP contribution in [0.1, 0.15) is 25.5 Å². The third-order valence-electron chi connectivity index (χ3n) is 2.13. The summed E-state index contributed by atoms with van der Waals surface area (Å²) in [7, 11) is 0. The number of ether oxygens (including phenoxy) is 1. The monoisotopic (exact) mass is 241 g/mol. The van der Waals surface area contributed by atoms with Crippen LogP contribution >= 0.6 is 0 Å². The lowest BCUT2D eigenvalue weighted by atomic mass is 10.1. The van der Waals surface area contributed by atoms with Crippen LogP contribution in [0.2, 0.25) is 0 Å². The van der Waals surface area contributed by atoms with Gasteiger partial charge in [0.05, 0.1) is 17.1 Å². The fourth-order valence-corrected chi connectivity index (χ4v) is 1.32. The number of nitro benzene ring substituents is 1. The molecule has 94 valence electrons. The van der Waals surface area contributed by atoms with Crippen LogP contribution in [0.25, 0.3) is 0 Å². The van der Waals surface area contributed by atoms with Crippen molar-refractivity contribution in [3.05, 3.63) is 33.9 Å². The van der Waals surface area contributed by atoms with Gasteiger partial charge in [0.2, 0.25) is 0 Å². The van der Waals surface area contributed by atoms with E-state index < -0.39 is 17.1 Å². The van der Waals surface area contributed by atoms with Crippen molar-refractivity contribution in [2.75, 3.05) is 6.61 Å². The molecule has 2 N–H and O–H groups in total. The molecule has 6 nitrogen and oxygen atoms in total. The van der Waals surface area contributed by atoms with Crippen molar-refractivity contribution in [2.45, 2.75) is 26.1 Å². The third kappa shape index (κ3) is 3.69. The molecule has 0 aromatic heterocycles. The second-order valence-corrected chi connectivity index (χ2v) is 3.82. The fraction of sp³-hybridized carbons (Fsp3) is 0.455. The molecular weight excluding hydrogens is 226 g/mol. The molecule has 2 atom stereocenters. The number of non-ortho nitro benzene ring substituents is 1. The van der Waals surface area contributed by atoms with Crippen molar-refractivity contribution in [3.8, 4) is 5.75 Å². The fourth-order valence-electron chi connectivity index (χ4n) is 1.32. The molecule has 0 fully saturated rings. The molecule has 1 aromatic rings. The number of aliphatic hydroxyl groups is 2. The largest absolute Gasteiger partial charge is 0.491 e. The maximum atomic E-state index is 10.6. The SMILES string of the molecule is CC(O)COc1ccc([N+](=O)[O-])cc1C(C)O. The molecule has 17 heavy (non-hydrogen) atoms. The average molecular weight is 241 g/mol. The lowest BCUT2D eigenvalue weighted by Gasteiger charge is -2.14. The zero-order valence-corrected chi connectivity index (χ0v) is 9.66. The van der Waals surface area contributed by atoms with Crippen LogP contribution in [-0.4, -0.2) is 27.8 Å². The topological polar surface area (TPSA) is 92.8 Å². The molecular formula is C11H15NO5. The van der Waals surface area contributed by atoms with Crippen molar-refractivity contribution in [1.82, 2.24) is 0 Å². The molecule has 0 aliphatic rings. The number of hydrogen-bond donors (Lipinski definition) is 2. The summed E-state index contributed by atoms with van der Waals surface area (Å²) in [5, 5.41) is 29.2. The molecule has 0 saturated heterocycles. The van der Waals surface area contributed by atoms with Gasteiger partial charge in [-0.2, -0.15) is 0 Å². The molecule has 0 radical (unpaired) electrons. The van der Waals surface area contributed by atoms with Gasteiger partial charge < -0.3 is 14.9 Å². The standard InChI is InChI=1S/C11H15NO5/c1-7(13)6-17-11-4-3-9(12(15)16)5-10(11)8(2)14/h3-5,7-8,13-14H,6H2,1-2H3. The van der Waals surface area contributed by atoms with Gasteiger partial charge in [0.25, 0.3) is 5.69 Å². The van der Waals surface area contributed by atoms with Gasteiger partial charge in [0.15, 0.2) is 0 Å². The van der Waals surface area contributed by atoms with Gasteiger partial charge in [0.1, 0.15) is 12.4 Å². The first-order valence-corrected chi connectivity index (χ1v) is 5.19. The Morgan fingerprint density at radius 1 is 1.41 bits per heavy atom. The molecule has 0 spiro atoms. The molecule has 1 rings (SSSR count). The van der Waals surface area contributed by atoms with Crippen molar-refractivity contribution in [2.24, 2.45) is 0 Å². The molecule has 2 unspecified atom stereocenters. The van der Waals surface area contributed by atoms with E-state index in [1.165, 1.54) is 25.1 Å². The Morgan fingerprint density at radius 3 is 2.53 bits per heavy atom. The first kappa shape index (κ1) is 13.4. The number of benzene rings is 1. The van der Waals surface area contributed by atoms with Crippen molar-refractivity contribution < 1.29 is 19.9 Å². The summed E-state index contributed by atoms with van der Waals surface area (Å²) in [6, 6.07) is 3.98. The highest BCUT2D eigenvalue weighted by atomic mass is 16.6. The van der Waals surface area contributed by atoms with E-state index in [0.717, 1.165) is 0 Å². The predicted octanol–water partition coefficient (Wildman–Crippen LogP) is 1.41. The van der Waals surface area contributed by atoms with Gasteiger partial charge in [-0.3, -0.25) is 10.1 Å². The van der Waals surface area contributed by atoms with E-state index in [1.54, 1.807) is 6.92 Å². The minimum Gasteiger partial charge on any atom is -0.491 e. The molecule has 0 amide bonds. The first-order chi connectivity index (χ1) is 7.91. The van der Waals surface area contributed by atoms with E-state index in [0.29, 0.717) is 11.3 Å². The Labute approximate surface area is 98.6 Å². The third-order valence-corrected chi connectivity index (χ3v) is 2.13. The van der Waals surface area contributed by atoms with Crippen LogP contribution in [0.15, 0.2) is 18.2 Å². The number of nitrogens with zero attached hydrogens (tertiary/aromatic N) is 1. The number of hydrogen-bond acceptors (Lipinski definition) is 5. The number of rotatable bonds is 5.